The Morgan fingerprint density at radius 1 is 0.889 bits per heavy atom. The fraction of sp³-hybridized carbons (Fsp3) is 0.143. The first-order chi connectivity index (χ1) is 17.2. The summed E-state index contributed by atoms with van der Waals surface area (Å²) in [6, 6.07) is 24.3. The molecule has 0 saturated heterocycles. The maximum absolute atomic E-state index is 13.7. The number of aryl methyl sites for hydroxylation is 1. The quantitative estimate of drug-likeness (QED) is 0.260. The first-order valence-electron chi connectivity index (χ1n) is 11.2. The number of alkyl halides is 3. The van der Waals surface area contributed by atoms with Gasteiger partial charge in [0.25, 0.3) is 0 Å². The Kier molecular flexibility index (Phi) is 7.45. The van der Waals surface area contributed by atoms with E-state index in [0.29, 0.717) is 11.4 Å². The number of hydrogen-bond donors (Lipinski definition) is 2. The zero-order chi connectivity index (χ0) is 25.8. The van der Waals surface area contributed by atoms with Crippen LogP contribution in [0.4, 0.5) is 23.7 Å². The molecular formula is C28H23BrF3N3O. The molecular weight excluding hydrogens is 531 g/mol. The van der Waals surface area contributed by atoms with Gasteiger partial charge in [0, 0.05) is 22.8 Å². The first-order valence-corrected chi connectivity index (χ1v) is 11.9. The Hall–Kier alpha value is -3.65. The van der Waals surface area contributed by atoms with Crippen LogP contribution in [0, 0.1) is 6.92 Å². The van der Waals surface area contributed by atoms with Crippen LogP contribution >= 0.6 is 15.9 Å². The number of anilines is 1. The molecule has 0 radical (unpaired) electrons. The van der Waals surface area contributed by atoms with E-state index in [0.717, 1.165) is 27.7 Å². The second-order valence-corrected chi connectivity index (χ2v) is 9.37. The number of pyridine rings is 1. The average molecular weight is 554 g/mol. The number of nitrogens with zero attached hydrogens (tertiary/aromatic N) is 1. The molecule has 36 heavy (non-hydrogen) atoms. The van der Waals surface area contributed by atoms with Gasteiger partial charge in [-0.15, -0.1) is 0 Å². The smallest absolute Gasteiger partial charge is 0.322 e. The molecule has 4 rings (SSSR count). The molecule has 1 unspecified atom stereocenters. The van der Waals surface area contributed by atoms with Gasteiger partial charge in [0.15, 0.2) is 0 Å². The molecule has 0 aliphatic rings. The van der Waals surface area contributed by atoms with Crippen LogP contribution in [0.3, 0.4) is 0 Å². The molecule has 4 aromatic rings. The van der Waals surface area contributed by atoms with E-state index in [1.54, 1.807) is 42.6 Å². The number of rotatable bonds is 6. The van der Waals surface area contributed by atoms with Crippen LogP contribution in [0.15, 0.2) is 102 Å². The van der Waals surface area contributed by atoms with Gasteiger partial charge in [0.05, 0.1) is 11.3 Å². The lowest BCUT2D eigenvalue weighted by Gasteiger charge is -2.36. The number of urea groups is 1. The molecule has 0 bridgehead atoms. The molecule has 1 aromatic heterocycles. The van der Waals surface area contributed by atoms with E-state index < -0.39 is 23.3 Å². The highest BCUT2D eigenvalue weighted by Crippen LogP contribution is 2.37. The summed E-state index contributed by atoms with van der Waals surface area (Å²) in [5, 5.41) is 5.78. The van der Waals surface area contributed by atoms with E-state index in [4.69, 9.17) is 0 Å². The Morgan fingerprint density at radius 2 is 1.61 bits per heavy atom. The Bertz CT molecular complexity index is 1360. The van der Waals surface area contributed by atoms with E-state index in [1.807, 2.05) is 43.3 Å². The minimum absolute atomic E-state index is 0.178. The highest BCUT2D eigenvalue weighted by atomic mass is 79.9. The first kappa shape index (κ1) is 25.4. The van der Waals surface area contributed by atoms with Crippen molar-refractivity contribution in [1.82, 2.24) is 10.3 Å². The van der Waals surface area contributed by atoms with Crippen molar-refractivity contribution in [3.05, 3.63) is 130 Å². The van der Waals surface area contributed by atoms with Crippen molar-refractivity contribution in [2.24, 2.45) is 0 Å². The molecule has 0 saturated carbocycles. The minimum Gasteiger partial charge on any atom is -0.322 e. The van der Waals surface area contributed by atoms with E-state index in [-0.39, 0.29) is 12.0 Å². The molecule has 0 aliphatic carbocycles. The van der Waals surface area contributed by atoms with Crippen LogP contribution in [0.25, 0.3) is 0 Å². The normalized spacial score (nSPS) is 13.0. The molecule has 184 valence electrons. The second kappa shape index (κ2) is 10.5. The van der Waals surface area contributed by atoms with Gasteiger partial charge in [-0.25, -0.2) is 4.79 Å². The van der Waals surface area contributed by atoms with E-state index in [1.165, 1.54) is 6.07 Å². The lowest BCUT2D eigenvalue weighted by molar-refractivity contribution is -0.137. The molecule has 3 aromatic carbocycles. The molecule has 1 heterocycles. The van der Waals surface area contributed by atoms with Gasteiger partial charge in [0.2, 0.25) is 0 Å². The lowest BCUT2D eigenvalue weighted by atomic mass is 9.79. The van der Waals surface area contributed by atoms with E-state index in [9.17, 15) is 18.0 Å². The number of aromatic nitrogens is 1. The summed E-state index contributed by atoms with van der Waals surface area (Å²) in [5.74, 6) is 0. The van der Waals surface area contributed by atoms with Gasteiger partial charge in [0.1, 0.15) is 5.54 Å². The molecule has 2 amide bonds. The summed E-state index contributed by atoms with van der Waals surface area (Å²) in [5.41, 5.74) is 0.694. The fourth-order valence-electron chi connectivity index (χ4n) is 4.08. The third-order valence-corrected chi connectivity index (χ3v) is 6.25. The average Bonchev–Trinajstić information content (AvgIpc) is 2.84. The zero-order valence-electron chi connectivity index (χ0n) is 19.3. The monoisotopic (exact) mass is 553 g/mol. The summed E-state index contributed by atoms with van der Waals surface area (Å²) in [4.78, 5) is 17.9. The zero-order valence-corrected chi connectivity index (χ0v) is 20.9. The van der Waals surface area contributed by atoms with Crippen molar-refractivity contribution >= 4 is 27.6 Å². The number of carbonyl (C=O) groups is 1. The van der Waals surface area contributed by atoms with Crippen LogP contribution < -0.4 is 10.6 Å². The number of hydrogen-bond acceptors (Lipinski definition) is 2. The number of halogens is 4. The second-order valence-electron chi connectivity index (χ2n) is 8.45. The molecule has 4 nitrogen and oxygen atoms in total. The third-order valence-electron chi connectivity index (χ3n) is 5.76. The topological polar surface area (TPSA) is 54.0 Å². The van der Waals surface area contributed by atoms with Gasteiger partial charge in [-0.1, -0.05) is 64.5 Å². The van der Waals surface area contributed by atoms with Crippen LogP contribution in [-0.4, -0.2) is 11.0 Å². The van der Waals surface area contributed by atoms with Crippen molar-refractivity contribution in [2.45, 2.75) is 25.1 Å². The number of amides is 2. The van der Waals surface area contributed by atoms with Crippen molar-refractivity contribution in [2.75, 3.05) is 5.32 Å². The van der Waals surface area contributed by atoms with E-state index >= 15 is 0 Å². The Balaban J connectivity index is 1.88. The highest BCUT2D eigenvalue weighted by Gasteiger charge is 2.40. The lowest BCUT2D eigenvalue weighted by Crippen LogP contribution is -2.50. The maximum Gasteiger partial charge on any atom is 0.416 e. The summed E-state index contributed by atoms with van der Waals surface area (Å²) >= 11 is 3.38. The molecule has 0 spiro atoms. The third kappa shape index (κ3) is 5.94. The van der Waals surface area contributed by atoms with E-state index in [2.05, 4.69) is 31.5 Å². The number of nitrogens with one attached hydrogen (secondary N) is 2. The van der Waals surface area contributed by atoms with Gasteiger partial charge in [-0.2, -0.15) is 13.2 Å². The summed E-state index contributed by atoms with van der Waals surface area (Å²) < 4.78 is 41.9. The predicted octanol–water partition coefficient (Wildman–Crippen LogP) is 7.48. The van der Waals surface area contributed by atoms with Gasteiger partial charge in [-0.3, -0.25) is 4.98 Å². The van der Waals surface area contributed by atoms with Gasteiger partial charge < -0.3 is 10.6 Å². The fourth-order valence-corrected chi connectivity index (χ4v) is 4.48. The largest absolute Gasteiger partial charge is 0.416 e. The molecule has 0 fully saturated rings. The van der Waals surface area contributed by atoms with Crippen molar-refractivity contribution in [1.29, 1.82) is 0 Å². The predicted molar refractivity (Wildman–Crippen MR) is 138 cm³/mol. The van der Waals surface area contributed by atoms with Crippen LogP contribution in [0.1, 0.15) is 27.9 Å². The SMILES string of the molecule is Cc1ccnc(C(Cc2ccccc2)(NC(=O)Nc2cccc(Br)c2)c2cccc(C(F)(F)F)c2)c1. The standard InChI is InChI=1S/C28H23BrF3N3O/c1-19-13-14-33-25(15-19)27(18-20-7-3-2-4-8-20,21-9-5-10-22(16-21)28(30,31)32)35-26(36)34-24-12-6-11-23(29)17-24/h2-17H,18H2,1H3,(H2,34,35,36). The number of carbonyl (C=O) groups excluding carboxylic acids is 1. The van der Waals surface area contributed by atoms with Crippen LogP contribution in [0.5, 0.6) is 0 Å². The Labute approximate surface area is 215 Å². The van der Waals surface area contributed by atoms with Crippen molar-refractivity contribution in [3.8, 4) is 0 Å². The van der Waals surface area contributed by atoms with Crippen LogP contribution in [0.2, 0.25) is 0 Å². The molecule has 0 aliphatic heterocycles. The minimum atomic E-state index is -4.55. The summed E-state index contributed by atoms with van der Waals surface area (Å²) in [6.45, 7) is 1.87. The Morgan fingerprint density at radius 3 is 2.31 bits per heavy atom. The number of benzene rings is 3. The molecule has 2 N–H and O–H groups in total. The maximum atomic E-state index is 13.7. The summed E-state index contributed by atoms with van der Waals surface area (Å²) in [7, 11) is 0. The van der Waals surface area contributed by atoms with Crippen molar-refractivity contribution in [3.63, 3.8) is 0 Å². The van der Waals surface area contributed by atoms with Gasteiger partial charge >= 0.3 is 12.2 Å². The van der Waals surface area contributed by atoms with Crippen molar-refractivity contribution < 1.29 is 18.0 Å². The van der Waals surface area contributed by atoms with Gasteiger partial charge in [-0.05, 0) is 66.1 Å². The summed E-state index contributed by atoms with van der Waals surface area (Å²) in [6.07, 6.45) is -2.78. The molecule has 1 atom stereocenters. The highest BCUT2D eigenvalue weighted by molar-refractivity contribution is 9.10. The molecule has 8 heteroatoms. The van der Waals surface area contributed by atoms with Crippen LogP contribution in [-0.2, 0) is 18.1 Å².